The number of carbonyl (C=O) groups is 1. The first-order valence-corrected chi connectivity index (χ1v) is 5.89. The highest BCUT2D eigenvalue weighted by atomic mass is 32.2. The Morgan fingerprint density at radius 2 is 1.94 bits per heavy atom. The highest BCUT2D eigenvalue weighted by Gasteiger charge is 2.22. The van der Waals surface area contributed by atoms with Gasteiger partial charge >= 0.3 is 16.2 Å². The topological polar surface area (TPSA) is 86.7 Å². The molecule has 0 spiro atoms. The van der Waals surface area contributed by atoms with Gasteiger partial charge in [-0.25, -0.2) is 9.03 Å². The van der Waals surface area contributed by atoms with Crippen LogP contribution in [0.15, 0.2) is 30.3 Å². The molecule has 0 heterocycles. The Balaban J connectivity index is 3.12. The molecule has 1 aromatic rings. The second-order valence-corrected chi connectivity index (χ2v) is 4.74. The van der Waals surface area contributed by atoms with Crippen LogP contribution in [0.5, 0.6) is 0 Å². The molecule has 0 aliphatic rings. The van der Waals surface area contributed by atoms with Gasteiger partial charge in [-0.3, -0.25) is 4.79 Å². The van der Waals surface area contributed by atoms with Crippen LogP contribution in [0.2, 0.25) is 0 Å². The second-order valence-electron chi connectivity index (χ2n) is 2.95. The van der Waals surface area contributed by atoms with Crippen molar-refractivity contribution in [1.82, 2.24) is 4.72 Å². The first-order valence-electron chi connectivity index (χ1n) is 4.45. The minimum Gasteiger partial charge on any atom is -0.480 e. The first-order chi connectivity index (χ1) is 7.47. The summed E-state index contributed by atoms with van der Waals surface area (Å²) in [5, 5.41) is 8.67. The van der Waals surface area contributed by atoms with E-state index < -0.39 is 22.7 Å². The number of nitrogens with zero attached hydrogens (tertiary/aromatic N) is 1. The maximum atomic E-state index is 11.6. The van der Waals surface area contributed by atoms with Crippen LogP contribution < -0.4 is 9.03 Å². The standard InChI is InChI=1S/C9H12N2O4S/c1-10-16(14,15)11(7-9(12)13)8-5-3-2-4-6-8/h2-6,10H,7H2,1H3,(H,12,13). The highest BCUT2D eigenvalue weighted by molar-refractivity contribution is 7.90. The molecular formula is C9H12N2O4S. The van der Waals surface area contributed by atoms with E-state index in [1.165, 1.54) is 19.2 Å². The van der Waals surface area contributed by atoms with E-state index in [0.717, 1.165) is 4.31 Å². The zero-order chi connectivity index (χ0) is 12.2. The number of benzene rings is 1. The molecule has 0 aliphatic heterocycles. The summed E-state index contributed by atoms with van der Waals surface area (Å²) < 4.78 is 26.0. The van der Waals surface area contributed by atoms with Gasteiger partial charge in [0.25, 0.3) is 0 Å². The minimum atomic E-state index is -3.81. The van der Waals surface area contributed by atoms with Crippen molar-refractivity contribution in [3.8, 4) is 0 Å². The van der Waals surface area contributed by atoms with Crippen molar-refractivity contribution in [2.75, 3.05) is 17.9 Å². The Hall–Kier alpha value is -1.60. The van der Waals surface area contributed by atoms with Crippen LogP contribution in [0, 0.1) is 0 Å². The fourth-order valence-electron chi connectivity index (χ4n) is 1.14. The molecule has 0 saturated carbocycles. The van der Waals surface area contributed by atoms with Crippen molar-refractivity contribution in [2.45, 2.75) is 0 Å². The SMILES string of the molecule is CNS(=O)(=O)N(CC(=O)O)c1ccccc1. The van der Waals surface area contributed by atoms with Gasteiger partial charge in [0.2, 0.25) is 0 Å². The van der Waals surface area contributed by atoms with Gasteiger partial charge in [0, 0.05) is 7.05 Å². The number of carboxylic acids is 1. The molecule has 7 heteroatoms. The van der Waals surface area contributed by atoms with E-state index in [0.29, 0.717) is 5.69 Å². The Morgan fingerprint density at radius 3 is 2.38 bits per heavy atom. The van der Waals surface area contributed by atoms with E-state index in [1.54, 1.807) is 18.2 Å². The third-order valence-electron chi connectivity index (χ3n) is 1.87. The molecule has 0 unspecified atom stereocenters. The number of hydrogen-bond donors (Lipinski definition) is 2. The summed E-state index contributed by atoms with van der Waals surface area (Å²) in [7, 11) is -2.58. The molecular weight excluding hydrogens is 232 g/mol. The van der Waals surface area contributed by atoms with E-state index in [9.17, 15) is 13.2 Å². The number of rotatable bonds is 5. The van der Waals surface area contributed by atoms with E-state index in [1.807, 2.05) is 0 Å². The Bertz CT molecular complexity index is 458. The fraction of sp³-hybridized carbons (Fsp3) is 0.222. The lowest BCUT2D eigenvalue weighted by atomic mass is 10.3. The van der Waals surface area contributed by atoms with Gasteiger partial charge in [-0.2, -0.15) is 8.42 Å². The van der Waals surface area contributed by atoms with Crippen LogP contribution in [0.3, 0.4) is 0 Å². The van der Waals surface area contributed by atoms with E-state index in [-0.39, 0.29) is 0 Å². The van der Waals surface area contributed by atoms with Crippen LogP contribution in [0.25, 0.3) is 0 Å². The van der Waals surface area contributed by atoms with Crippen molar-refractivity contribution in [1.29, 1.82) is 0 Å². The summed E-state index contributed by atoms with van der Waals surface area (Å²) in [6.45, 7) is -0.618. The number of anilines is 1. The number of carboxylic acid groups (broad SMARTS) is 1. The van der Waals surface area contributed by atoms with E-state index in [2.05, 4.69) is 4.72 Å². The molecule has 0 aromatic heterocycles. The zero-order valence-corrected chi connectivity index (χ0v) is 9.44. The molecule has 0 bridgehead atoms. The van der Waals surface area contributed by atoms with Gasteiger partial charge in [0.05, 0.1) is 5.69 Å². The molecule has 0 fully saturated rings. The zero-order valence-electron chi connectivity index (χ0n) is 8.62. The third kappa shape index (κ3) is 2.94. The maximum Gasteiger partial charge on any atom is 0.324 e. The Kier molecular flexibility index (Phi) is 3.86. The highest BCUT2D eigenvalue weighted by Crippen LogP contribution is 2.15. The van der Waals surface area contributed by atoms with Gasteiger partial charge < -0.3 is 5.11 Å². The van der Waals surface area contributed by atoms with Crippen LogP contribution in [-0.2, 0) is 15.0 Å². The van der Waals surface area contributed by atoms with Crippen molar-refractivity contribution in [2.24, 2.45) is 0 Å². The molecule has 1 rings (SSSR count). The number of aliphatic carboxylic acids is 1. The van der Waals surface area contributed by atoms with Crippen LogP contribution in [0.1, 0.15) is 0 Å². The first kappa shape index (κ1) is 12.5. The van der Waals surface area contributed by atoms with Crippen LogP contribution >= 0.6 is 0 Å². The summed E-state index contributed by atoms with van der Waals surface area (Å²) in [5.41, 5.74) is 0.305. The monoisotopic (exact) mass is 244 g/mol. The van der Waals surface area contributed by atoms with E-state index in [4.69, 9.17) is 5.11 Å². The molecule has 16 heavy (non-hydrogen) atoms. The summed E-state index contributed by atoms with van der Waals surface area (Å²) >= 11 is 0. The summed E-state index contributed by atoms with van der Waals surface area (Å²) in [6.07, 6.45) is 0. The predicted molar refractivity (Wildman–Crippen MR) is 59.4 cm³/mol. The maximum absolute atomic E-state index is 11.6. The molecule has 88 valence electrons. The van der Waals surface area contributed by atoms with Gasteiger partial charge in [0.1, 0.15) is 6.54 Å². The lowest BCUT2D eigenvalue weighted by molar-refractivity contribution is -0.135. The molecule has 0 atom stereocenters. The molecule has 6 nitrogen and oxygen atoms in total. The number of hydrogen-bond acceptors (Lipinski definition) is 3. The molecule has 0 radical (unpaired) electrons. The summed E-state index contributed by atoms with van der Waals surface area (Å²) in [6, 6.07) is 8.04. The van der Waals surface area contributed by atoms with Crippen molar-refractivity contribution in [3.63, 3.8) is 0 Å². The van der Waals surface area contributed by atoms with Crippen molar-refractivity contribution >= 4 is 21.9 Å². The van der Waals surface area contributed by atoms with Crippen molar-refractivity contribution < 1.29 is 18.3 Å². The quantitative estimate of drug-likeness (QED) is 0.765. The largest absolute Gasteiger partial charge is 0.480 e. The van der Waals surface area contributed by atoms with Gasteiger partial charge in [-0.1, -0.05) is 18.2 Å². The van der Waals surface area contributed by atoms with Crippen LogP contribution in [0.4, 0.5) is 5.69 Å². The van der Waals surface area contributed by atoms with E-state index >= 15 is 0 Å². The summed E-state index contributed by atoms with van der Waals surface area (Å²) in [4.78, 5) is 10.6. The predicted octanol–water partition coefficient (Wildman–Crippen LogP) is 0.0418. The fourth-order valence-corrected chi connectivity index (χ4v) is 2.04. The number of nitrogens with one attached hydrogen (secondary N) is 1. The molecule has 2 N–H and O–H groups in total. The minimum absolute atomic E-state index is 0.305. The lowest BCUT2D eigenvalue weighted by Crippen LogP contribution is -2.42. The third-order valence-corrected chi connectivity index (χ3v) is 3.31. The van der Waals surface area contributed by atoms with Gasteiger partial charge in [-0.05, 0) is 12.1 Å². The average Bonchev–Trinajstić information content (AvgIpc) is 2.27. The van der Waals surface area contributed by atoms with Gasteiger partial charge in [0.15, 0.2) is 0 Å². The van der Waals surface area contributed by atoms with Gasteiger partial charge in [-0.15, -0.1) is 0 Å². The second kappa shape index (κ2) is 4.95. The van der Waals surface area contributed by atoms with Crippen LogP contribution in [-0.4, -0.2) is 33.1 Å². The Labute approximate surface area is 93.7 Å². The number of para-hydroxylation sites is 1. The molecule has 1 aromatic carbocycles. The normalized spacial score (nSPS) is 11.1. The average molecular weight is 244 g/mol. The molecule has 0 saturated heterocycles. The van der Waals surface area contributed by atoms with Crippen molar-refractivity contribution in [3.05, 3.63) is 30.3 Å². The smallest absolute Gasteiger partial charge is 0.324 e. The Morgan fingerprint density at radius 1 is 1.38 bits per heavy atom. The molecule has 0 amide bonds. The lowest BCUT2D eigenvalue weighted by Gasteiger charge is -2.21. The summed E-state index contributed by atoms with van der Waals surface area (Å²) in [5.74, 6) is -1.22. The molecule has 0 aliphatic carbocycles.